The zero-order chi connectivity index (χ0) is 31.1. The van der Waals surface area contributed by atoms with Gasteiger partial charge in [-0.15, -0.1) is 10.2 Å². The molecule has 0 aliphatic carbocycles. The minimum atomic E-state index is -0.124. The molecule has 0 bridgehead atoms. The van der Waals surface area contributed by atoms with E-state index in [4.69, 9.17) is 14.2 Å². The maximum atomic E-state index is 13.3. The van der Waals surface area contributed by atoms with E-state index >= 15 is 0 Å². The molecule has 1 fully saturated rings. The fraction of sp³-hybridized carbons (Fsp3) is 0.333. The number of thioether (sulfide) groups is 1. The lowest BCUT2D eigenvalue weighted by molar-refractivity contribution is -0.133. The molecule has 1 unspecified atom stereocenters. The monoisotopic (exact) mass is 615 g/mol. The second kappa shape index (κ2) is 14.3. The number of aromatic nitrogens is 3. The Hall–Kier alpha value is -4.51. The second-order valence-corrected chi connectivity index (χ2v) is 11.5. The van der Waals surface area contributed by atoms with Crippen LogP contribution in [0.15, 0.2) is 78.0 Å². The largest absolute Gasteiger partial charge is 0.497 e. The Balaban J connectivity index is 1.18. The number of carbonyl (C=O) groups is 2. The van der Waals surface area contributed by atoms with Crippen molar-refractivity contribution < 1.29 is 23.8 Å². The standard InChI is InChI=1S/C33H37N5O5S/c1-23-22-36(18-19-37(23)32(40)28-17-16-27(42-3)21-29(28)43-4)30(39)11-8-20-44-33-35-34-31(24-9-6-5-7-10-24)38(33)25-12-14-26(41-2)15-13-25/h5-7,9-10,12-17,21,23H,8,11,18-20,22H2,1-4H3. The first-order chi connectivity index (χ1) is 21.4. The molecule has 0 radical (unpaired) electrons. The van der Waals surface area contributed by atoms with Crippen molar-refractivity contribution in [3.63, 3.8) is 0 Å². The fourth-order valence-electron chi connectivity index (χ4n) is 5.26. The van der Waals surface area contributed by atoms with Gasteiger partial charge in [-0.25, -0.2) is 0 Å². The van der Waals surface area contributed by atoms with Crippen molar-refractivity contribution in [1.82, 2.24) is 24.6 Å². The first-order valence-corrected chi connectivity index (χ1v) is 15.5. The van der Waals surface area contributed by atoms with Gasteiger partial charge in [0, 0.05) is 55.2 Å². The van der Waals surface area contributed by atoms with Crippen LogP contribution in [0.1, 0.15) is 30.1 Å². The summed E-state index contributed by atoms with van der Waals surface area (Å²) in [7, 11) is 4.75. The molecular weight excluding hydrogens is 578 g/mol. The number of nitrogens with zero attached hydrogens (tertiary/aromatic N) is 5. The summed E-state index contributed by atoms with van der Waals surface area (Å²) < 4.78 is 18.1. The van der Waals surface area contributed by atoms with Gasteiger partial charge < -0.3 is 24.0 Å². The summed E-state index contributed by atoms with van der Waals surface area (Å²) in [6, 6.07) is 22.8. The number of methoxy groups -OCH3 is 3. The van der Waals surface area contributed by atoms with Crippen LogP contribution >= 0.6 is 11.8 Å². The van der Waals surface area contributed by atoms with Gasteiger partial charge in [-0.05, 0) is 49.7 Å². The highest BCUT2D eigenvalue weighted by molar-refractivity contribution is 7.99. The van der Waals surface area contributed by atoms with Gasteiger partial charge in [0.25, 0.3) is 5.91 Å². The Morgan fingerprint density at radius 1 is 0.886 bits per heavy atom. The van der Waals surface area contributed by atoms with Gasteiger partial charge in [-0.2, -0.15) is 0 Å². The average molecular weight is 616 g/mol. The quantitative estimate of drug-likeness (QED) is 0.168. The number of carbonyl (C=O) groups excluding carboxylic acids is 2. The topological polar surface area (TPSA) is 99.0 Å². The van der Waals surface area contributed by atoms with Crippen molar-refractivity contribution in [2.24, 2.45) is 0 Å². The van der Waals surface area contributed by atoms with Crippen LogP contribution < -0.4 is 14.2 Å². The Morgan fingerprint density at radius 2 is 1.61 bits per heavy atom. The molecule has 11 heteroatoms. The van der Waals surface area contributed by atoms with Crippen molar-refractivity contribution in [3.05, 3.63) is 78.4 Å². The lowest BCUT2D eigenvalue weighted by Crippen LogP contribution is -2.55. The molecule has 2 amide bonds. The average Bonchev–Trinajstić information content (AvgIpc) is 3.50. The zero-order valence-corrected chi connectivity index (χ0v) is 26.3. The Labute approximate surface area is 261 Å². The number of benzene rings is 3. The Kier molecular flexibility index (Phi) is 10.1. The van der Waals surface area contributed by atoms with Crippen LogP contribution in [0.4, 0.5) is 0 Å². The number of amides is 2. The molecule has 1 saturated heterocycles. The van der Waals surface area contributed by atoms with Crippen molar-refractivity contribution in [1.29, 1.82) is 0 Å². The van der Waals surface area contributed by atoms with E-state index in [9.17, 15) is 9.59 Å². The van der Waals surface area contributed by atoms with Crippen LogP contribution in [0, 0.1) is 0 Å². The Bertz CT molecular complexity index is 1580. The lowest BCUT2D eigenvalue weighted by Gasteiger charge is -2.40. The maximum absolute atomic E-state index is 13.3. The van der Waals surface area contributed by atoms with Crippen LogP contribution in [-0.2, 0) is 4.79 Å². The molecule has 4 aromatic rings. The molecule has 230 valence electrons. The summed E-state index contributed by atoms with van der Waals surface area (Å²) in [6.45, 7) is 3.41. The highest BCUT2D eigenvalue weighted by Crippen LogP contribution is 2.30. The molecule has 10 nitrogen and oxygen atoms in total. The van der Waals surface area contributed by atoms with E-state index in [1.165, 1.54) is 7.11 Å². The Morgan fingerprint density at radius 3 is 2.30 bits per heavy atom. The normalized spacial score (nSPS) is 14.8. The van der Waals surface area contributed by atoms with Gasteiger partial charge >= 0.3 is 0 Å². The van der Waals surface area contributed by atoms with Crippen molar-refractivity contribution in [2.45, 2.75) is 31.0 Å². The molecule has 1 aromatic heterocycles. The molecule has 2 heterocycles. The SMILES string of the molecule is COc1ccc(-n2c(SCCCC(=O)N3CCN(C(=O)c4ccc(OC)cc4OC)C(C)C3)nnc2-c2ccccc2)cc1. The van der Waals surface area contributed by atoms with Crippen LogP contribution in [0.5, 0.6) is 17.2 Å². The zero-order valence-electron chi connectivity index (χ0n) is 25.4. The van der Waals surface area contributed by atoms with Gasteiger partial charge in [-0.3, -0.25) is 14.2 Å². The van der Waals surface area contributed by atoms with Crippen molar-refractivity contribution in [3.8, 4) is 34.3 Å². The smallest absolute Gasteiger partial charge is 0.257 e. The first kappa shape index (κ1) is 30.9. The van der Waals surface area contributed by atoms with E-state index in [-0.39, 0.29) is 17.9 Å². The van der Waals surface area contributed by atoms with Gasteiger partial charge in [0.15, 0.2) is 11.0 Å². The number of piperazine rings is 1. The summed E-state index contributed by atoms with van der Waals surface area (Å²) in [6.07, 6.45) is 1.11. The van der Waals surface area contributed by atoms with Crippen molar-refractivity contribution >= 4 is 23.6 Å². The van der Waals surface area contributed by atoms with Crippen LogP contribution in [-0.4, -0.2) is 89.1 Å². The van der Waals surface area contributed by atoms with E-state index in [0.29, 0.717) is 55.3 Å². The number of hydrogen-bond donors (Lipinski definition) is 0. The third-order valence-corrected chi connectivity index (χ3v) is 8.66. The molecule has 1 aliphatic heterocycles. The molecule has 1 atom stereocenters. The third kappa shape index (κ3) is 6.83. The van der Waals surface area contributed by atoms with Gasteiger partial charge in [0.1, 0.15) is 17.2 Å². The van der Waals surface area contributed by atoms with E-state index in [2.05, 4.69) is 10.2 Å². The van der Waals surface area contributed by atoms with Crippen LogP contribution in [0.25, 0.3) is 17.1 Å². The van der Waals surface area contributed by atoms with Crippen LogP contribution in [0.3, 0.4) is 0 Å². The molecule has 0 saturated carbocycles. The summed E-state index contributed by atoms with van der Waals surface area (Å²) in [5.41, 5.74) is 2.38. The summed E-state index contributed by atoms with van der Waals surface area (Å²) in [5.74, 6) is 3.30. The van der Waals surface area contributed by atoms with Gasteiger partial charge in [0.05, 0.1) is 26.9 Å². The minimum Gasteiger partial charge on any atom is -0.497 e. The first-order valence-electron chi connectivity index (χ1n) is 14.5. The van der Waals surface area contributed by atoms with E-state index < -0.39 is 0 Å². The predicted octanol–water partition coefficient (Wildman–Crippen LogP) is 5.21. The molecule has 0 N–H and O–H groups in total. The molecule has 3 aromatic carbocycles. The fourth-order valence-corrected chi connectivity index (χ4v) is 6.15. The number of ether oxygens (including phenoxy) is 3. The molecule has 5 rings (SSSR count). The highest BCUT2D eigenvalue weighted by atomic mass is 32.2. The van der Waals surface area contributed by atoms with E-state index in [1.807, 2.05) is 71.0 Å². The third-order valence-electron chi connectivity index (χ3n) is 7.64. The lowest BCUT2D eigenvalue weighted by atomic mass is 10.1. The maximum Gasteiger partial charge on any atom is 0.257 e. The van der Waals surface area contributed by atoms with E-state index in [1.54, 1.807) is 49.1 Å². The molecule has 0 spiro atoms. The highest BCUT2D eigenvalue weighted by Gasteiger charge is 2.31. The summed E-state index contributed by atoms with van der Waals surface area (Å²) in [4.78, 5) is 30.2. The molecule has 1 aliphatic rings. The van der Waals surface area contributed by atoms with Crippen LogP contribution in [0.2, 0.25) is 0 Å². The minimum absolute atomic E-state index is 0.0909. The molecule has 44 heavy (non-hydrogen) atoms. The van der Waals surface area contributed by atoms with Gasteiger partial charge in [-0.1, -0.05) is 42.1 Å². The summed E-state index contributed by atoms with van der Waals surface area (Å²) in [5, 5.41) is 9.76. The van der Waals surface area contributed by atoms with E-state index in [0.717, 1.165) is 28.0 Å². The number of hydrogen-bond acceptors (Lipinski definition) is 8. The van der Waals surface area contributed by atoms with Crippen molar-refractivity contribution in [2.75, 3.05) is 46.7 Å². The number of rotatable bonds is 11. The molecular formula is C33H37N5O5S. The van der Waals surface area contributed by atoms with Gasteiger partial charge in [0.2, 0.25) is 5.91 Å². The second-order valence-electron chi connectivity index (χ2n) is 10.4. The predicted molar refractivity (Wildman–Crippen MR) is 170 cm³/mol. The summed E-state index contributed by atoms with van der Waals surface area (Å²) >= 11 is 1.58.